The molecule has 2 N–H and O–H groups in total. The van der Waals surface area contributed by atoms with E-state index in [0.29, 0.717) is 35.9 Å². The topological polar surface area (TPSA) is 116 Å². The second kappa shape index (κ2) is 7.40. The number of aryl methyl sites for hydroxylation is 3. The van der Waals surface area contributed by atoms with Crippen molar-refractivity contribution in [3.8, 4) is 22.5 Å². The molecule has 3 aromatic rings. The number of nitrogens with two attached hydrogens (primary N) is 1. The summed E-state index contributed by atoms with van der Waals surface area (Å²) in [6.07, 6.45) is 3.40. The highest BCUT2D eigenvalue weighted by Crippen LogP contribution is 2.33. The quantitative estimate of drug-likeness (QED) is 0.643. The number of aromatic nitrogens is 4. The molecule has 1 aliphatic rings. The minimum Gasteiger partial charge on any atom is -0.382 e. The van der Waals surface area contributed by atoms with Crippen molar-refractivity contribution in [3.63, 3.8) is 0 Å². The molecule has 1 aliphatic heterocycles. The molecule has 0 aliphatic carbocycles. The lowest BCUT2D eigenvalue weighted by molar-refractivity contribution is -0.0768. The SMILES string of the molecule is COC1(C)CN(S(=O)(=O)c2ccc(C)c(-c3cnc(N)c(-c4cn(C)nc4C)n3)c2)C1. The lowest BCUT2D eigenvalue weighted by Gasteiger charge is -2.45. The molecule has 9 nitrogen and oxygen atoms in total. The number of methoxy groups -OCH3 is 1. The maximum absolute atomic E-state index is 13.1. The van der Waals surface area contributed by atoms with Crippen LogP contribution in [0.1, 0.15) is 18.2 Å². The smallest absolute Gasteiger partial charge is 0.243 e. The van der Waals surface area contributed by atoms with Gasteiger partial charge in [-0.15, -0.1) is 0 Å². The molecule has 0 spiro atoms. The summed E-state index contributed by atoms with van der Waals surface area (Å²) in [5, 5.41) is 4.35. The van der Waals surface area contributed by atoms with E-state index in [1.54, 1.807) is 36.2 Å². The van der Waals surface area contributed by atoms with E-state index in [0.717, 1.165) is 16.8 Å². The van der Waals surface area contributed by atoms with Crippen molar-refractivity contribution >= 4 is 15.8 Å². The van der Waals surface area contributed by atoms with Crippen LogP contribution in [0.25, 0.3) is 22.5 Å². The van der Waals surface area contributed by atoms with Gasteiger partial charge in [0.2, 0.25) is 10.0 Å². The number of nitrogens with zero attached hydrogens (tertiary/aromatic N) is 5. The van der Waals surface area contributed by atoms with Gasteiger partial charge in [-0.05, 0) is 38.5 Å². The van der Waals surface area contributed by atoms with E-state index >= 15 is 0 Å². The first-order chi connectivity index (χ1) is 14.5. The van der Waals surface area contributed by atoms with Gasteiger partial charge in [-0.25, -0.2) is 18.4 Å². The molecule has 4 rings (SSSR count). The average molecular weight is 443 g/mol. The van der Waals surface area contributed by atoms with Crippen LogP contribution in [0.2, 0.25) is 0 Å². The lowest BCUT2D eigenvalue weighted by Crippen LogP contribution is -2.62. The molecular formula is C21H26N6O3S. The van der Waals surface area contributed by atoms with E-state index in [1.165, 1.54) is 4.31 Å². The molecule has 0 atom stereocenters. The standard InChI is InChI=1S/C21H26N6O3S/c1-13-6-7-15(31(28,29)27-11-21(3,12-27)30-5)8-16(13)18-9-23-20(22)19(24-18)17-10-26(4)25-14(17)2/h6-10H,11-12H2,1-5H3,(H2,22,23). The molecule has 0 amide bonds. The summed E-state index contributed by atoms with van der Waals surface area (Å²) in [6.45, 7) is 6.32. The summed E-state index contributed by atoms with van der Waals surface area (Å²) in [5.74, 6) is 0.292. The van der Waals surface area contributed by atoms with Crippen LogP contribution < -0.4 is 5.73 Å². The Labute approximate surface area is 181 Å². The zero-order valence-corrected chi connectivity index (χ0v) is 19.1. The van der Waals surface area contributed by atoms with Gasteiger partial charge >= 0.3 is 0 Å². The Bertz CT molecular complexity index is 1260. The van der Waals surface area contributed by atoms with Crippen molar-refractivity contribution in [2.45, 2.75) is 31.3 Å². The van der Waals surface area contributed by atoms with Gasteiger partial charge in [-0.1, -0.05) is 6.07 Å². The molecule has 1 saturated heterocycles. The van der Waals surface area contributed by atoms with Crippen LogP contribution in [-0.2, 0) is 21.8 Å². The summed E-state index contributed by atoms with van der Waals surface area (Å²) in [5.41, 5.74) is 9.86. The minimum atomic E-state index is -3.64. The Kier molecular flexibility index (Phi) is 5.11. The van der Waals surface area contributed by atoms with Gasteiger partial charge in [0.05, 0.1) is 28.1 Å². The normalized spacial score (nSPS) is 16.3. The number of benzene rings is 1. The van der Waals surface area contributed by atoms with Crippen LogP contribution in [0.15, 0.2) is 35.5 Å². The predicted molar refractivity (Wildman–Crippen MR) is 118 cm³/mol. The summed E-state index contributed by atoms with van der Waals surface area (Å²) in [4.78, 5) is 9.24. The third-order valence-electron chi connectivity index (χ3n) is 5.71. The number of hydrogen-bond acceptors (Lipinski definition) is 7. The van der Waals surface area contributed by atoms with Crippen LogP contribution in [0.5, 0.6) is 0 Å². The van der Waals surface area contributed by atoms with Crippen molar-refractivity contribution in [2.24, 2.45) is 7.05 Å². The minimum absolute atomic E-state index is 0.212. The van der Waals surface area contributed by atoms with E-state index in [9.17, 15) is 8.42 Å². The van der Waals surface area contributed by atoms with Gasteiger partial charge in [0, 0.05) is 44.6 Å². The third kappa shape index (κ3) is 3.71. The van der Waals surface area contributed by atoms with Gasteiger partial charge in [0.25, 0.3) is 0 Å². The van der Waals surface area contributed by atoms with Crippen molar-refractivity contribution in [1.82, 2.24) is 24.1 Å². The Hall–Kier alpha value is -2.82. The molecule has 1 aromatic carbocycles. The van der Waals surface area contributed by atoms with Gasteiger partial charge in [0.15, 0.2) is 0 Å². The number of hydrogen-bond donors (Lipinski definition) is 1. The molecule has 10 heteroatoms. The third-order valence-corrected chi connectivity index (χ3v) is 7.49. The monoisotopic (exact) mass is 442 g/mol. The number of nitrogen functional groups attached to an aromatic ring is 1. The number of ether oxygens (including phenoxy) is 1. The van der Waals surface area contributed by atoms with E-state index in [2.05, 4.69) is 10.1 Å². The highest BCUT2D eigenvalue weighted by atomic mass is 32.2. The summed E-state index contributed by atoms with van der Waals surface area (Å²) < 4.78 is 34.7. The maximum Gasteiger partial charge on any atom is 0.243 e. The van der Waals surface area contributed by atoms with Gasteiger partial charge < -0.3 is 10.5 Å². The van der Waals surface area contributed by atoms with Crippen molar-refractivity contribution in [1.29, 1.82) is 0 Å². The second-order valence-electron chi connectivity index (χ2n) is 8.19. The lowest BCUT2D eigenvalue weighted by atomic mass is 10.0. The number of rotatable bonds is 5. The first kappa shape index (κ1) is 21.4. The second-order valence-corrected chi connectivity index (χ2v) is 10.1. The van der Waals surface area contributed by atoms with E-state index in [4.69, 9.17) is 15.5 Å². The fraction of sp³-hybridized carbons (Fsp3) is 0.381. The zero-order chi connectivity index (χ0) is 22.6. The molecular weight excluding hydrogens is 416 g/mol. The van der Waals surface area contributed by atoms with Crippen LogP contribution in [-0.4, -0.2) is 58.3 Å². The largest absolute Gasteiger partial charge is 0.382 e. The molecule has 0 radical (unpaired) electrons. The molecule has 31 heavy (non-hydrogen) atoms. The molecule has 0 bridgehead atoms. The first-order valence-electron chi connectivity index (χ1n) is 9.83. The predicted octanol–water partition coefficient (Wildman–Crippen LogP) is 2.15. The zero-order valence-electron chi connectivity index (χ0n) is 18.2. The van der Waals surface area contributed by atoms with Crippen molar-refractivity contribution in [3.05, 3.63) is 41.9 Å². The highest BCUT2D eigenvalue weighted by molar-refractivity contribution is 7.89. The Morgan fingerprint density at radius 3 is 2.52 bits per heavy atom. The van der Waals surface area contributed by atoms with E-state index in [1.807, 2.05) is 34.0 Å². The van der Waals surface area contributed by atoms with Crippen LogP contribution in [0, 0.1) is 13.8 Å². The molecule has 1 fully saturated rings. The number of anilines is 1. The van der Waals surface area contributed by atoms with Gasteiger partial charge in [-0.2, -0.15) is 9.40 Å². The highest BCUT2D eigenvalue weighted by Gasteiger charge is 2.45. The Morgan fingerprint density at radius 2 is 1.90 bits per heavy atom. The fourth-order valence-corrected chi connectivity index (χ4v) is 5.43. The van der Waals surface area contributed by atoms with E-state index in [-0.39, 0.29) is 4.90 Å². The molecule has 0 unspecified atom stereocenters. The van der Waals surface area contributed by atoms with Gasteiger partial charge in [0.1, 0.15) is 11.5 Å². The van der Waals surface area contributed by atoms with Crippen LogP contribution >= 0.6 is 0 Å². The van der Waals surface area contributed by atoms with Crippen molar-refractivity contribution in [2.75, 3.05) is 25.9 Å². The Balaban J connectivity index is 1.75. The molecule has 164 valence electrons. The van der Waals surface area contributed by atoms with Crippen molar-refractivity contribution < 1.29 is 13.2 Å². The first-order valence-corrected chi connectivity index (χ1v) is 11.3. The van der Waals surface area contributed by atoms with Crippen LogP contribution in [0.4, 0.5) is 5.82 Å². The van der Waals surface area contributed by atoms with Gasteiger partial charge in [-0.3, -0.25) is 4.68 Å². The molecule has 2 aromatic heterocycles. The van der Waals surface area contributed by atoms with Crippen LogP contribution in [0.3, 0.4) is 0 Å². The summed E-state index contributed by atoms with van der Waals surface area (Å²) in [7, 11) is -0.219. The van der Waals surface area contributed by atoms with E-state index < -0.39 is 15.6 Å². The number of sulfonamides is 1. The molecule has 0 saturated carbocycles. The molecule has 3 heterocycles. The summed E-state index contributed by atoms with van der Waals surface area (Å²) in [6, 6.07) is 5.05. The average Bonchev–Trinajstić information content (AvgIpc) is 3.04. The summed E-state index contributed by atoms with van der Waals surface area (Å²) >= 11 is 0. The fourth-order valence-electron chi connectivity index (χ4n) is 3.74. The Morgan fingerprint density at radius 1 is 1.19 bits per heavy atom. The maximum atomic E-state index is 13.1.